The van der Waals surface area contributed by atoms with Gasteiger partial charge in [-0.15, -0.1) is 0 Å². The van der Waals surface area contributed by atoms with Crippen LogP contribution < -0.4 is 10.3 Å². The molecule has 0 aromatic heterocycles. The van der Waals surface area contributed by atoms with Crippen LogP contribution >= 0.6 is 0 Å². The summed E-state index contributed by atoms with van der Waals surface area (Å²) in [6.45, 7) is 6.74. The molecule has 0 radical (unpaired) electrons. The lowest BCUT2D eigenvalue weighted by atomic mass is 10.2. The molecule has 0 unspecified atom stereocenters. The van der Waals surface area contributed by atoms with Crippen molar-refractivity contribution in [3.05, 3.63) is 29.8 Å². The Balaban J connectivity index is 1.46. The number of aliphatic hydroxyl groups excluding tert-OH is 1. The number of carbonyl (C=O) groups excluding carboxylic acids is 1. The second-order valence-corrected chi connectivity index (χ2v) is 6.53. The second-order valence-electron chi connectivity index (χ2n) is 6.53. The number of anilines is 1. The van der Waals surface area contributed by atoms with Gasteiger partial charge in [-0.25, -0.2) is 0 Å². The maximum atomic E-state index is 12.2. The van der Waals surface area contributed by atoms with Gasteiger partial charge in [0.1, 0.15) is 0 Å². The molecule has 2 N–H and O–H groups in total. The van der Waals surface area contributed by atoms with Gasteiger partial charge in [-0.05, 0) is 31.2 Å². The van der Waals surface area contributed by atoms with Crippen molar-refractivity contribution in [1.82, 2.24) is 10.2 Å². The number of nitrogens with zero attached hydrogens (tertiary/aromatic N) is 3. The lowest BCUT2D eigenvalue weighted by molar-refractivity contribution is 0.0149. The third-order valence-corrected chi connectivity index (χ3v) is 4.48. The van der Waals surface area contributed by atoms with E-state index in [0.29, 0.717) is 25.3 Å². The van der Waals surface area contributed by atoms with Crippen LogP contribution in [0.5, 0.6) is 0 Å². The number of carbonyl (C=O) groups is 1. The van der Waals surface area contributed by atoms with Crippen LogP contribution in [0.4, 0.5) is 5.69 Å². The van der Waals surface area contributed by atoms with Crippen molar-refractivity contribution in [3.63, 3.8) is 0 Å². The molecule has 1 aromatic rings. The van der Waals surface area contributed by atoms with Gasteiger partial charge in [0, 0.05) is 50.4 Å². The van der Waals surface area contributed by atoms with Crippen LogP contribution in [0.1, 0.15) is 23.7 Å². The SMILES string of the molecule is CC1=NN(c2ccc(C(=O)NC[C@@H](O)CN3CCOCC3)cc2)CC1. The molecule has 1 fully saturated rings. The predicted octanol–water partition coefficient (Wildman–Crippen LogP) is 0.695. The zero-order valence-electron chi connectivity index (χ0n) is 14.6. The number of nitrogens with one attached hydrogen (secondary N) is 1. The van der Waals surface area contributed by atoms with Gasteiger partial charge in [0.2, 0.25) is 0 Å². The van der Waals surface area contributed by atoms with Crippen LogP contribution in [-0.2, 0) is 4.74 Å². The molecule has 1 amide bonds. The first kappa shape index (κ1) is 17.8. The van der Waals surface area contributed by atoms with E-state index in [4.69, 9.17) is 4.74 Å². The first-order valence-electron chi connectivity index (χ1n) is 8.80. The van der Waals surface area contributed by atoms with Gasteiger partial charge in [0.25, 0.3) is 5.91 Å². The van der Waals surface area contributed by atoms with Crippen LogP contribution in [0.3, 0.4) is 0 Å². The van der Waals surface area contributed by atoms with E-state index >= 15 is 0 Å². The summed E-state index contributed by atoms with van der Waals surface area (Å²) in [5.41, 5.74) is 2.69. The first-order chi connectivity index (χ1) is 12.1. The Morgan fingerprint density at radius 1 is 1.28 bits per heavy atom. The lowest BCUT2D eigenvalue weighted by Gasteiger charge is -2.28. The summed E-state index contributed by atoms with van der Waals surface area (Å²) in [6.07, 6.45) is 0.395. The molecule has 7 nitrogen and oxygen atoms in total. The van der Waals surface area contributed by atoms with E-state index in [9.17, 15) is 9.90 Å². The number of hydrogen-bond acceptors (Lipinski definition) is 6. The first-order valence-corrected chi connectivity index (χ1v) is 8.80. The van der Waals surface area contributed by atoms with Gasteiger partial charge in [-0.3, -0.25) is 14.7 Å². The van der Waals surface area contributed by atoms with Crippen LogP contribution in [0.2, 0.25) is 0 Å². The van der Waals surface area contributed by atoms with E-state index in [0.717, 1.165) is 37.5 Å². The molecule has 1 aromatic carbocycles. The van der Waals surface area contributed by atoms with E-state index in [1.807, 2.05) is 24.1 Å². The number of benzene rings is 1. The molecule has 0 aliphatic carbocycles. The van der Waals surface area contributed by atoms with E-state index in [-0.39, 0.29) is 12.5 Å². The molecule has 3 rings (SSSR count). The molecule has 1 saturated heterocycles. The number of ether oxygens (including phenoxy) is 1. The van der Waals surface area contributed by atoms with Crippen molar-refractivity contribution in [1.29, 1.82) is 0 Å². The average molecular weight is 346 g/mol. The number of rotatable bonds is 6. The van der Waals surface area contributed by atoms with Gasteiger partial charge in [-0.1, -0.05) is 0 Å². The predicted molar refractivity (Wildman–Crippen MR) is 97.1 cm³/mol. The van der Waals surface area contributed by atoms with Crippen LogP contribution in [0.15, 0.2) is 29.4 Å². The third-order valence-electron chi connectivity index (χ3n) is 4.48. The number of amides is 1. The molecule has 0 bridgehead atoms. The minimum absolute atomic E-state index is 0.173. The van der Waals surface area contributed by atoms with Crippen LogP contribution in [-0.4, -0.2) is 73.7 Å². The number of morpholine rings is 1. The highest BCUT2D eigenvalue weighted by Crippen LogP contribution is 2.19. The fourth-order valence-electron chi connectivity index (χ4n) is 3.00. The van der Waals surface area contributed by atoms with Gasteiger partial charge >= 0.3 is 0 Å². The summed E-state index contributed by atoms with van der Waals surface area (Å²) in [5.74, 6) is -0.173. The number of hydrazone groups is 1. The second kappa shape index (κ2) is 8.42. The van der Waals surface area contributed by atoms with Gasteiger partial charge < -0.3 is 15.2 Å². The maximum Gasteiger partial charge on any atom is 0.251 e. The van der Waals surface area contributed by atoms with Crippen molar-refractivity contribution < 1.29 is 14.6 Å². The van der Waals surface area contributed by atoms with Crippen LogP contribution in [0.25, 0.3) is 0 Å². The summed E-state index contributed by atoms with van der Waals surface area (Å²) in [7, 11) is 0. The minimum Gasteiger partial charge on any atom is -0.390 e. The van der Waals surface area contributed by atoms with E-state index in [1.54, 1.807) is 12.1 Å². The quantitative estimate of drug-likeness (QED) is 0.793. The molecular formula is C18H26N4O3. The van der Waals surface area contributed by atoms with E-state index in [2.05, 4.69) is 15.3 Å². The third kappa shape index (κ3) is 5.01. The summed E-state index contributed by atoms with van der Waals surface area (Å²) >= 11 is 0. The summed E-state index contributed by atoms with van der Waals surface area (Å²) in [5, 5.41) is 19.3. The summed E-state index contributed by atoms with van der Waals surface area (Å²) < 4.78 is 5.29. The van der Waals surface area contributed by atoms with Crippen molar-refractivity contribution in [2.24, 2.45) is 5.10 Å². The summed E-state index contributed by atoms with van der Waals surface area (Å²) in [4.78, 5) is 14.4. The standard InChI is InChI=1S/C18H26N4O3/c1-14-6-7-22(20-14)16-4-2-15(3-5-16)18(24)19-12-17(23)13-21-8-10-25-11-9-21/h2-5,17,23H,6-13H2,1H3,(H,19,24)/t17-/m1/s1. The summed E-state index contributed by atoms with van der Waals surface area (Å²) in [6, 6.07) is 7.40. The highest BCUT2D eigenvalue weighted by Gasteiger charge is 2.16. The maximum absolute atomic E-state index is 12.2. The van der Waals surface area contributed by atoms with Gasteiger partial charge in [-0.2, -0.15) is 5.10 Å². The molecule has 0 saturated carbocycles. The smallest absolute Gasteiger partial charge is 0.251 e. The molecule has 136 valence electrons. The molecule has 2 aliphatic rings. The highest BCUT2D eigenvalue weighted by molar-refractivity contribution is 5.94. The zero-order valence-corrected chi connectivity index (χ0v) is 14.6. The lowest BCUT2D eigenvalue weighted by Crippen LogP contribution is -2.44. The van der Waals surface area contributed by atoms with E-state index < -0.39 is 6.10 Å². The van der Waals surface area contributed by atoms with Crippen LogP contribution in [0, 0.1) is 0 Å². The Labute approximate surface area is 148 Å². The molecule has 2 aliphatic heterocycles. The Morgan fingerprint density at radius 2 is 2.00 bits per heavy atom. The highest BCUT2D eigenvalue weighted by atomic mass is 16.5. The Morgan fingerprint density at radius 3 is 2.64 bits per heavy atom. The normalized spacial score (nSPS) is 19.6. The van der Waals surface area contributed by atoms with Gasteiger partial charge in [0.15, 0.2) is 0 Å². The molecule has 2 heterocycles. The fraction of sp³-hybridized carbons (Fsp3) is 0.556. The largest absolute Gasteiger partial charge is 0.390 e. The Bertz CT molecular complexity index is 611. The fourth-order valence-corrected chi connectivity index (χ4v) is 3.00. The zero-order chi connectivity index (χ0) is 17.6. The number of β-amino-alcohol motifs (C(OH)–C–C–N with tert-alkyl or cyclic N) is 1. The number of hydrogen-bond donors (Lipinski definition) is 2. The van der Waals surface area contributed by atoms with Crippen molar-refractivity contribution >= 4 is 17.3 Å². The monoisotopic (exact) mass is 346 g/mol. The molecule has 0 spiro atoms. The number of aliphatic hydroxyl groups is 1. The van der Waals surface area contributed by atoms with Crippen molar-refractivity contribution in [2.45, 2.75) is 19.4 Å². The molecule has 25 heavy (non-hydrogen) atoms. The minimum atomic E-state index is -0.580. The van der Waals surface area contributed by atoms with E-state index in [1.165, 1.54) is 0 Å². The Kier molecular flexibility index (Phi) is 6.01. The topological polar surface area (TPSA) is 77.4 Å². The molecular weight excluding hydrogens is 320 g/mol. The molecule has 7 heteroatoms. The Hall–Kier alpha value is -1.96. The van der Waals surface area contributed by atoms with Gasteiger partial charge in [0.05, 0.1) is 25.0 Å². The average Bonchev–Trinajstić information content (AvgIpc) is 3.07. The van der Waals surface area contributed by atoms with Crippen molar-refractivity contribution in [2.75, 3.05) is 50.9 Å². The molecule has 1 atom stereocenters. The van der Waals surface area contributed by atoms with Crippen molar-refractivity contribution in [3.8, 4) is 0 Å².